The summed E-state index contributed by atoms with van der Waals surface area (Å²) in [4.78, 5) is 18.0. The Labute approximate surface area is 160 Å². The molecule has 0 atom stereocenters. The minimum absolute atomic E-state index is 0.418. The monoisotopic (exact) mass is 377 g/mol. The minimum Gasteiger partial charge on any atom is -0.461 e. The van der Waals surface area contributed by atoms with Crippen molar-refractivity contribution in [3.05, 3.63) is 36.4 Å². The van der Waals surface area contributed by atoms with Gasteiger partial charge in [-0.15, -0.1) is 15.3 Å². The maximum absolute atomic E-state index is 5.38. The van der Waals surface area contributed by atoms with Crippen molar-refractivity contribution in [1.82, 2.24) is 39.7 Å². The van der Waals surface area contributed by atoms with Crippen molar-refractivity contribution in [2.24, 2.45) is 0 Å². The molecule has 0 aromatic carbocycles. The Balaban J connectivity index is 1.52. The van der Waals surface area contributed by atoms with E-state index in [1.807, 2.05) is 19.1 Å². The lowest BCUT2D eigenvalue weighted by molar-refractivity contribution is 0.311. The normalized spacial score (nSPS) is 15.4. The van der Waals surface area contributed by atoms with E-state index >= 15 is 0 Å². The Morgan fingerprint density at radius 2 is 1.89 bits per heavy atom. The number of furan rings is 1. The second-order valence-corrected chi connectivity index (χ2v) is 6.79. The molecule has 0 aliphatic carbocycles. The fraction of sp³-hybridized carbons (Fsp3) is 0.333. The second-order valence-electron chi connectivity index (χ2n) is 6.79. The predicted molar refractivity (Wildman–Crippen MR) is 102 cm³/mol. The smallest absolute Gasteiger partial charge is 0.272 e. The van der Waals surface area contributed by atoms with E-state index in [1.54, 1.807) is 23.0 Å². The Hall–Kier alpha value is -3.40. The first-order valence-electron chi connectivity index (χ1n) is 9.10. The van der Waals surface area contributed by atoms with Crippen molar-refractivity contribution in [2.75, 3.05) is 38.1 Å². The molecule has 10 heteroatoms. The first-order chi connectivity index (χ1) is 13.7. The van der Waals surface area contributed by atoms with E-state index in [1.165, 1.54) is 0 Å². The average Bonchev–Trinajstić information content (AvgIpc) is 3.39. The van der Waals surface area contributed by atoms with Crippen LogP contribution in [0.5, 0.6) is 0 Å². The van der Waals surface area contributed by atoms with Crippen LogP contribution < -0.4 is 4.90 Å². The molecule has 1 saturated heterocycles. The summed E-state index contributed by atoms with van der Waals surface area (Å²) in [5, 5.41) is 13.1. The Morgan fingerprint density at radius 3 is 2.68 bits per heavy atom. The fourth-order valence-electron chi connectivity index (χ4n) is 3.25. The van der Waals surface area contributed by atoms with Gasteiger partial charge in [0, 0.05) is 32.4 Å². The fourth-order valence-corrected chi connectivity index (χ4v) is 3.25. The van der Waals surface area contributed by atoms with E-state index in [-0.39, 0.29) is 0 Å². The van der Waals surface area contributed by atoms with Crippen LogP contribution in [-0.2, 0) is 0 Å². The largest absolute Gasteiger partial charge is 0.461 e. The minimum atomic E-state index is 0.418. The van der Waals surface area contributed by atoms with Crippen LogP contribution in [0.2, 0.25) is 0 Å². The van der Waals surface area contributed by atoms with Crippen molar-refractivity contribution in [2.45, 2.75) is 6.92 Å². The summed E-state index contributed by atoms with van der Waals surface area (Å²) in [6.45, 7) is 5.72. The SMILES string of the molecule is Cc1c(-c2ccnc(N3CCN(C)CC3)n2)nnc2nc(-c3ccco3)nn12. The van der Waals surface area contributed by atoms with Crippen LogP contribution >= 0.6 is 0 Å². The summed E-state index contributed by atoms with van der Waals surface area (Å²) in [5.41, 5.74) is 2.17. The van der Waals surface area contributed by atoms with Crippen LogP contribution in [0.15, 0.2) is 35.1 Å². The third-order valence-corrected chi connectivity index (χ3v) is 4.90. The van der Waals surface area contributed by atoms with Crippen molar-refractivity contribution in [3.63, 3.8) is 0 Å². The summed E-state index contributed by atoms with van der Waals surface area (Å²) in [6.07, 6.45) is 3.35. The summed E-state index contributed by atoms with van der Waals surface area (Å²) in [5.74, 6) is 2.19. The van der Waals surface area contributed by atoms with Gasteiger partial charge in [0.1, 0.15) is 5.69 Å². The number of piperazine rings is 1. The molecule has 1 aliphatic heterocycles. The quantitative estimate of drug-likeness (QED) is 0.523. The van der Waals surface area contributed by atoms with Crippen LogP contribution in [0.1, 0.15) is 5.69 Å². The highest BCUT2D eigenvalue weighted by atomic mass is 16.3. The highest BCUT2D eigenvalue weighted by Gasteiger charge is 2.19. The molecule has 0 bridgehead atoms. The third-order valence-electron chi connectivity index (χ3n) is 4.90. The number of fused-ring (bicyclic) bond motifs is 1. The maximum Gasteiger partial charge on any atom is 0.272 e. The Kier molecular flexibility index (Phi) is 3.97. The van der Waals surface area contributed by atoms with Gasteiger partial charge in [0.25, 0.3) is 5.78 Å². The average molecular weight is 377 g/mol. The molecule has 0 amide bonds. The van der Waals surface area contributed by atoms with Gasteiger partial charge in [-0.2, -0.15) is 9.50 Å². The van der Waals surface area contributed by atoms with Crippen LogP contribution in [0.4, 0.5) is 5.95 Å². The van der Waals surface area contributed by atoms with Gasteiger partial charge in [0.15, 0.2) is 5.76 Å². The number of anilines is 1. The molecule has 4 aromatic heterocycles. The zero-order valence-corrected chi connectivity index (χ0v) is 15.6. The lowest BCUT2D eigenvalue weighted by atomic mass is 10.2. The molecule has 5 rings (SSSR count). The first kappa shape index (κ1) is 16.8. The molecular formula is C18H19N9O. The highest BCUT2D eigenvalue weighted by Crippen LogP contribution is 2.22. The van der Waals surface area contributed by atoms with E-state index in [4.69, 9.17) is 9.40 Å². The van der Waals surface area contributed by atoms with Gasteiger partial charge in [0.2, 0.25) is 11.8 Å². The molecule has 0 saturated carbocycles. The number of nitrogens with zero attached hydrogens (tertiary/aromatic N) is 9. The van der Waals surface area contributed by atoms with Crippen molar-refractivity contribution in [1.29, 1.82) is 0 Å². The van der Waals surface area contributed by atoms with Crippen molar-refractivity contribution < 1.29 is 4.42 Å². The molecule has 28 heavy (non-hydrogen) atoms. The van der Waals surface area contributed by atoms with Gasteiger partial charge in [-0.3, -0.25) is 0 Å². The number of hydrogen-bond donors (Lipinski definition) is 0. The molecule has 5 heterocycles. The van der Waals surface area contributed by atoms with Gasteiger partial charge < -0.3 is 14.2 Å². The Bertz CT molecular complexity index is 1110. The van der Waals surface area contributed by atoms with Crippen LogP contribution in [-0.4, -0.2) is 72.9 Å². The zero-order valence-electron chi connectivity index (χ0n) is 15.6. The lowest BCUT2D eigenvalue weighted by Gasteiger charge is -2.32. The molecule has 0 spiro atoms. The second kappa shape index (κ2) is 6.64. The van der Waals surface area contributed by atoms with E-state index in [0.29, 0.717) is 34.7 Å². The molecule has 1 aliphatic rings. The van der Waals surface area contributed by atoms with E-state index in [2.05, 4.69) is 42.1 Å². The third kappa shape index (κ3) is 2.87. The van der Waals surface area contributed by atoms with Crippen molar-refractivity contribution >= 4 is 11.7 Å². The summed E-state index contributed by atoms with van der Waals surface area (Å²) < 4.78 is 7.04. The highest BCUT2D eigenvalue weighted by molar-refractivity contribution is 5.59. The summed E-state index contributed by atoms with van der Waals surface area (Å²) in [6, 6.07) is 5.45. The number of likely N-dealkylation sites (N-methyl/N-ethyl adjacent to an activating group) is 1. The maximum atomic E-state index is 5.38. The molecular weight excluding hydrogens is 358 g/mol. The first-order valence-corrected chi connectivity index (χ1v) is 9.10. The van der Waals surface area contributed by atoms with Gasteiger partial charge in [0.05, 0.1) is 17.7 Å². The Morgan fingerprint density at radius 1 is 1.04 bits per heavy atom. The number of aryl methyl sites for hydroxylation is 1. The van der Waals surface area contributed by atoms with Gasteiger partial charge in [-0.05, 0) is 32.2 Å². The molecule has 4 aromatic rings. The number of aromatic nitrogens is 7. The van der Waals surface area contributed by atoms with Crippen LogP contribution in [0.3, 0.4) is 0 Å². The zero-order chi connectivity index (χ0) is 19.1. The predicted octanol–water partition coefficient (Wildman–Crippen LogP) is 1.30. The van der Waals surface area contributed by atoms with Crippen molar-refractivity contribution in [3.8, 4) is 23.0 Å². The van der Waals surface area contributed by atoms with E-state index < -0.39 is 0 Å². The molecule has 10 nitrogen and oxygen atoms in total. The topological polar surface area (TPSA) is 101 Å². The molecule has 1 fully saturated rings. The molecule has 142 valence electrons. The van der Waals surface area contributed by atoms with E-state index in [0.717, 1.165) is 31.9 Å². The summed E-state index contributed by atoms with van der Waals surface area (Å²) in [7, 11) is 2.12. The molecule has 0 unspecified atom stereocenters. The molecule has 0 N–H and O–H groups in total. The van der Waals surface area contributed by atoms with Gasteiger partial charge in [-0.1, -0.05) is 0 Å². The van der Waals surface area contributed by atoms with E-state index in [9.17, 15) is 0 Å². The van der Waals surface area contributed by atoms with Gasteiger partial charge in [-0.25, -0.2) is 9.97 Å². The standard InChI is InChI=1S/C18H19N9O/c1-12-15(13-5-6-19-17(20-13)26-9-7-25(2)8-10-26)22-23-18-21-16(24-27(12)18)14-4-3-11-28-14/h3-6,11H,7-10H2,1-2H3. The molecule has 0 radical (unpaired) electrons. The number of hydrogen-bond acceptors (Lipinski definition) is 9. The van der Waals surface area contributed by atoms with Crippen LogP contribution in [0, 0.1) is 6.92 Å². The van der Waals surface area contributed by atoms with Gasteiger partial charge >= 0.3 is 0 Å². The van der Waals surface area contributed by atoms with Crippen LogP contribution in [0.25, 0.3) is 28.8 Å². The lowest BCUT2D eigenvalue weighted by Crippen LogP contribution is -2.45. The number of rotatable bonds is 3. The summed E-state index contributed by atoms with van der Waals surface area (Å²) >= 11 is 0.